The van der Waals surface area contributed by atoms with E-state index in [0.717, 1.165) is 10.5 Å². The van der Waals surface area contributed by atoms with Crippen LogP contribution in [0.3, 0.4) is 0 Å². The normalized spacial score (nSPS) is 10.4. The summed E-state index contributed by atoms with van der Waals surface area (Å²) in [5.41, 5.74) is 1.70. The van der Waals surface area contributed by atoms with Crippen molar-refractivity contribution >= 4 is 11.8 Å². The van der Waals surface area contributed by atoms with Crippen molar-refractivity contribution in [2.75, 3.05) is 6.26 Å². The molecule has 0 aliphatic rings. The van der Waals surface area contributed by atoms with Crippen LogP contribution in [0.1, 0.15) is 5.56 Å². The zero-order valence-electron chi connectivity index (χ0n) is 11.8. The molecule has 6 heteroatoms. The first-order valence-corrected chi connectivity index (χ1v) is 7.77. The van der Waals surface area contributed by atoms with Crippen molar-refractivity contribution in [1.82, 2.24) is 14.8 Å². The third-order valence-corrected chi connectivity index (χ3v) is 3.99. The molecule has 0 saturated carbocycles. The number of nitrogens with zero attached hydrogens (tertiary/aromatic N) is 3. The van der Waals surface area contributed by atoms with E-state index in [1.54, 1.807) is 54.5 Å². The third kappa shape index (κ3) is 2.54. The Bertz CT molecular complexity index is 886. The quantitative estimate of drug-likeness (QED) is 0.755. The van der Waals surface area contributed by atoms with Gasteiger partial charge in [0.15, 0.2) is 5.82 Å². The Morgan fingerprint density at radius 1 is 1.23 bits per heavy atom. The minimum atomic E-state index is -0.172. The van der Waals surface area contributed by atoms with Gasteiger partial charge in [0.05, 0.1) is 17.2 Å². The van der Waals surface area contributed by atoms with Crippen LogP contribution in [0.2, 0.25) is 0 Å². The van der Waals surface area contributed by atoms with Crippen LogP contribution in [0.5, 0.6) is 0 Å². The van der Waals surface area contributed by atoms with E-state index in [2.05, 4.69) is 16.2 Å². The lowest BCUT2D eigenvalue weighted by Crippen LogP contribution is -2.16. The number of nitrogens with one attached hydrogen (secondary N) is 1. The van der Waals surface area contributed by atoms with Crippen LogP contribution in [-0.4, -0.2) is 21.0 Å². The fraction of sp³-hybridized carbons (Fsp3) is 0.0625. The van der Waals surface area contributed by atoms with Crippen molar-refractivity contribution in [3.8, 4) is 23.0 Å². The zero-order chi connectivity index (χ0) is 15.5. The predicted molar refractivity (Wildman–Crippen MR) is 86.1 cm³/mol. The molecular formula is C16H12N4OS. The molecule has 0 radical (unpaired) electrons. The van der Waals surface area contributed by atoms with Gasteiger partial charge in [-0.05, 0) is 36.1 Å². The van der Waals surface area contributed by atoms with Crippen molar-refractivity contribution in [1.29, 1.82) is 5.26 Å². The smallest absolute Gasteiger partial charge is 0.280 e. The highest BCUT2D eigenvalue weighted by atomic mass is 32.2. The number of benzene rings is 1. The van der Waals surface area contributed by atoms with Gasteiger partial charge in [-0.3, -0.25) is 9.89 Å². The maximum Gasteiger partial charge on any atom is 0.280 e. The molecule has 5 nitrogen and oxygen atoms in total. The molecule has 1 aromatic carbocycles. The van der Waals surface area contributed by atoms with Crippen LogP contribution >= 0.6 is 11.8 Å². The molecule has 0 saturated heterocycles. The highest BCUT2D eigenvalue weighted by molar-refractivity contribution is 7.98. The summed E-state index contributed by atoms with van der Waals surface area (Å²) < 4.78 is 1.40. The van der Waals surface area contributed by atoms with Crippen LogP contribution in [-0.2, 0) is 0 Å². The summed E-state index contributed by atoms with van der Waals surface area (Å²) in [5, 5.41) is 11.7. The van der Waals surface area contributed by atoms with Crippen LogP contribution in [0.15, 0.2) is 58.5 Å². The predicted octanol–water partition coefficient (Wildman–Crippen LogP) is 2.82. The number of hydrogen-bond acceptors (Lipinski definition) is 4. The van der Waals surface area contributed by atoms with Gasteiger partial charge in [0.25, 0.3) is 5.56 Å². The summed E-state index contributed by atoms with van der Waals surface area (Å²) in [6.45, 7) is 0. The van der Waals surface area contributed by atoms with E-state index >= 15 is 0 Å². The van der Waals surface area contributed by atoms with Gasteiger partial charge in [0.2, 0.25) is 0 Å². The van der Waals surface area contributed by atoms with Gasteiger partial charge < -0.3 is 0 Å². The van der Waals surface area contributed by atoms with Gasteiger partial charge in [-0.2, -0.15) is 5.26 Å². The number of aromatic nitrogens is 3. The molecule has 0 aliphatic carbocycles. The Morgan fingerprint density at radius 2 is 2.00 bits per heavy atom. The minimum Gasteiger partial charge on any atom is -0.296 e. The van der Waals surface area contributed by atoms with Crippen LogP contribution < -0.4 is 5.56 Å². The molecule has 0 bridgehead atoms. The highest BCUT2D eigenvalue weighted by Crippen LogP contribution is 2.17. The van der Waals surface area contributed by atoms with Crippen LogP contribution in [0.25, 0.3) is 16.9 Å². The highest BCUT2D eigenvalue weighted by Gasteiger charge is 2.10. The molecule has 2 heterocycles. The van der Waals surface area contributed by atoms with Crippen molar-refractivity contribution in [3.63, 3.8) is 0 Å². The first kappa shape index (κ1) is 14.2. The Balaban J connectivity index is 2.00. The van der Waals surface area contributed by atoms with E-state index in [9.17, 15) is 4.79 Å². The Morgan fingerprint density at radius 3 is 2.59 bits per heavy atom. The first-order valence-electron chi connectivity index (χ1n) is 6.54. The molecule has 0 amide bonds. The molecule has 3 aromatic rings. The standard InChI is InChI=1S/C16H12N4OS/c1-22-13-6-7-15(18-9-13)20-16(21)14(10-19-20)12-4-2-11(8-17)3-5-12/h2-7,9-10,19H,1H3. The molecule has 1 N–H and O–H groups in total. The molecule has 0 atom stereocenters. The third-order valence-electron chi connectivity index (χ3n) is 3.28. The fourth-order valence-corrected chi connectivity index (χ4v) is 2.46. The largest absolute Gasteiger partial charge is 0.296 e. The summed E-state index contributed by atoms with van der Waals surface area (Å²) in [7, 11) is 0. The average molecular weight is 308 g/mol. The lowest BCUT2D eigenvalue weighted by molar-refractivity contribution is 0.816. The molecule has 2 aromatic heterocycles. The van der Waals surface area contributed by atoms with E-state index in [1.807, 2.05) is 12.3 Å². The fourth-order valence-electron chi connectivity index (χ4n) is 2.10. The molecular weight excluding hydrogens is 296 g/mol. The Labute approximate surface area is 131 Å². The first-order chi connectivity index (χ1) is 10.7. The van der Waals surface area contributed by atoms with Crippen LogP contribution in [0.4, 0.5) is 0 Å². The van der Waals surface area contributed by atoms with Gasteiger partial charge in [0, 0.05) is 17.3 Å². The molecule has 0 spiro atoms. The summed E-state index contributed by atoms with van der Waals surface area (Å²) >= 11 is 1.60. The topological polar surface area (TPSA) is 74.5 Å². The maximum atomic E-state index is 12.5. The van der Waals surface area contributed by atoms with Gasteiger partial charge in [-0.15, -0.1) is 11.8 Å². The van der Waals surface area contributed by atoms with Crippen molar-refractivity contribution < 1.29 is 0 Å². The van der Waals surface area contributed by atoms with E-state index in [1.165, 1.54) is 4.68 Å². The minimum absolute atomic E-state index is 0.172. The number of H-pyrrole nitrogens is 1. The van der Waals surface area contributed by atoms with Crippen LogP contribution in [0, 0.1) is 11.3 Å². The number of hydrogen-bond donors (Lipinski definition) is 1. The van der Waals surface area contributed by atoms with Gasteiger partial charge in [-0.25, -0.2) is 9.67 Å². The molecule has 22 heavy (non-hydrogen) atoms. The number of pyridine rings is 1. The lowest BCUT2D eigenvalue weighted by Gasteiger charge is -2.01. The van der Waals surface area contributed by atoms with E-state index in [4.69, 9.17) is 5.26 Å². The maximum absolute atomic E-state index is 12.5. The van der Waals surface area contributed by atoms with E-state index < -0.39 is 0 Å². The Hall–Kier alpha value is -2.78. The van der Waals surface area contributed by atoms with E-state index in [-0.39, 0.29) is 5.56 Å². The summed E-state index contributed by atoms with van der Waals surface area (Å²) in [6, 6.07) is 12.7. The lowest BCUT2D eigenvalue weighted by atomic mass is 10.1. The molecule has 108 valence electrons. The number of thioether (sulfide) groups is 1. The molecule has 3 rings (SSSR count). The number of rotatable bonds is 3. The van der Waals surface area contributed by atoms with Crippen molar-refractivity contribution in [2.24, 2.45) is 0 Å². The number of nitriles is 1. The second-order valence-corrected chi connectivity index (χ2v) is 5.45. The van der Waals surface area contributed by atoms with Gasteiger partial charge >= 0.3 is 0 Å². The van der Waals surface area contributed by atoms with Gasteiger partial charge in [-0.1, -0.05) is 12.1 Å². The summed E-state index contributed by atoms with van der Waals surface area (Å²) in [4.78, 5) is 17.8. The average Bonchev–Trinajstić information content (AvgIpc) is 2.96. The second-order valence-electron chi connectivity index (χ2n) is 4.57. The molecule has 0 fully saturated rings. The number of aromatic amines is 1. The molecule has 0 aliphatic heterocycles. The van der Waals surface area contributed by atoms with Crippen molar-refractivity contribution in [2.45, 2.75) is 4.90 Å². The van der Waals surface area contributed by atoms with Crippen molar-refractivity contribution in [3.05, 3.63) is 64.7 Å². The Kier molecular flexibility index (Phi) is 3.81. The van der Waals surface area contributed by atoms with Gasteiger partial charge in [0.1, 0.15) is 0 Å². The zero-order valence-corrected chi connectivity index (χ0v) is 12.6. The SMILES string of the molecule is CSc1ccc(-n2[nH]cc(-c3ccc(C#N)cc3)c2=O)nc1. The summed E-state index contributed by atoms with van der Waals surface area (Å²) in [6.07, 6.45) is 5.35. The summed E-state index contributed by atoms with van der Waals surface area (Å²) in [5.74, 6) is 0.544. The monoisotopic (exact) mass is 308 g/mol. The molecule has 0 unspecified atom stereocenters. The van der Waals surface area contributed by atoms with E-state index in [0.29, 0.717) is 16.9 Å². The second kappa shape index (κ2) is 5.92.